The molecule has 9 heteroatoms. The number of benzene rings is 3. The Morgan fingerprint density at radius 3 is 2.41 bits per heavy atom. The summed E-state index contributed by atoms with van der Waals surface area (Å²) < 4.78 is 12.8. The number of nitrogens with one attached hydrogen (secondary N) is 1. The first-order valence-corrected chi connectivity index (χ1v) is 12.9. The summed E-state index contributed by atoms with van der Waals surface area (Å²) in [5.74, 6) is 0.168. The van der Waals surface area contributed by atoms with E-state index in [9.17, 15) is 9.59 Å². The van der Waals surface area contributed by atoms with E-state index in [0.717, 1.165) is 11.1 Å². The fraction of sp³-hybridized carbons (Fsp3) is 0.333. The Morgan fingerprint density at radius 1 is 1.00 bits per heavy atom. The zero-order chi connectivity index (χ0) is 28.2. The topological polar surface area (TPSA) is 98.6 Å². The van der Waals surface area contributed by atoms with Crippen LogP contribution in [0.5, 0.6) is 11.5 Å². The number of amides is 2. The highest BCUT2D eigenvalue weighted by Gasteiger charge is 2.38. The summed E-state index contributed by atoms with van der Waals surface area (Å²) in [5, 5.41) is 11.6. The Hall–Kier alpha value is -4.40. The number of aryl methyl sites for hydroxylation is 1. The fourth-order valence-corrected chi connectivity index (χ4v) is 4.50. The summed E-state index contributed by atoms with van der Waals surface area (Å²) in [4.78, 5) is 30.0. The lowest BCUT2D eigenvalue weighted by molar-refractivity contribution is -0.128. The van der Waals surface area contributed by atoms with Crippen LogP contribution in [0.4, 0.5) is 5.69 Å². The van der Waals surface area contributed by atoms with Crippen molar-refractivity contribution >= 4 is 28.5 Å². The smallest absolute Gasteiger partial charge is 0.249 e. The van der Waals surface area contributed by atoms with Gasteiger partial charge in [-0.1, -0.05) is 54.6 Å². The van der Waals surface area contributed by atoms with E-state index in [1.54, 1.807) is 22.9 Å². The van der Waals surface area contributed by atoms with Crippen LogP contribution in [0, 0.1) is 6.92 Å². The highest BCUT2D eigenvalue weighted by atomic mass is 16.5. The van der Waals surface area contributed by atoms with Crippen molar-refractivity contribution in [3.8, 4) is 11.5 Å². The molecule has 0 radical (unpaired) electrons. The number of methoxy groups -OCH3 is 2. The van der Waals surface area contributed by atoms with Crippen LogP contribution < -0.4 is 19.7 Å². The van der Waals surface area contributed by atoms with Gasteiger partial charge in [-0.05, 0) is 57.0 Å². The van der Waals surface area contributed by atoms with Gasteiger partial charge in [-0.3, -0.25) is 14.5 Å². The molecule has 4 rings (SSSR count). The third kappa shape index (κ3) is 5.72. The Balaban J connectivity index is 1.91. The van der Waals surface area contributed by atoms with Crippen LogP contribution in [0.25, 0.3) is 11.0 Å². The van der Waals surface area contributed by atoms with Gasteiger partial charge < -0.3 is 14.8 Å². The molecule has 0 saturated carbocycles. The molecule has 1 aromatic heterocycles. The predicted molar refractivity (Wildman–Crippen MR) is 151 cm³/mol. The fourth-order valence-electron chi connectivity index (χ4n) is 4.50. The molecule has 0 spiro atoms. The van der Waals surface area contributed by atoms with Crippen LogP contribution in [0.3, 0.4) is 0 Å². The average Bonchev–Trinajstić information content (AvgIpc) is 3.34. The molecule has 3 aromatic carbocycles. The van der Waals surface area contributed by atoms with E-state index in [1.807, 2.05) is 76.2 Å². The van der Waals surface area contributed by atoms with Crippen LogP contribution in [-0.2, 0) is 16.1 Å². The molecule has 0 unspecified atom stereocenters. The SMILES string of the molecule is CCC(C)(C)NC(=O)[C@@H](c1cccc(OC)c1OC)N(C(=O)Cn1nnc2ccccc21)c1ccccc1C. The van der Waals surface area contributed by atoms with E-state index in [-0.39, 0.29) is 18.4 Å². The first kappa shape index (κ1) is 27.6. The number of rotatable bonds is 10. The van der Waals surface area contributed by atoms with Gasteiger partial charge in [-0.2, -0.15) is 0 Å². The largest absolute Gasteiger partial charge is 0.493 e. The van der Waals surface area contributed by atoms with Gasteiger partial charge in [-0.25, -0.2) is 4.68 Å². The molecular weight excluding hydrogens is 494 g/mol. The molecule has 0 aliphatic heterocycles. The second-order valence-corrected chi connectivity index (χ2v) is 10.00. The summed E-state index contributed by atoms with van der Waals surface area (Å²) in [6.07, 6.45) is 0.698. The van der Waals surface area contributed by atoms with E-state index < -0.39 is 11.6 Å². The minimum atomic E-state index is -1.07. The second-order valence-electron chi connectivity index (χ2n) is 10.00. The van der Waals surface area contributed by atoms with Crippen LogP contribution in [0.15, 0.2) is 66.7 Å². The molecule has 9 nitrogen and oxygen atoms in total. The second kappa shape index (κ2) is 11.6. The van der Waals surface area contributed by atoms with E-state index in [2.05, 4.69) is 15.6 Å². The quantitative estimate of drug-likeness (QED) is 0.316. The minimum Gasteiger partial charge on any atom is -0.493 e. The summed E-state index contributed by atoms with van der Waals surface area (Å²) in [5.41, 5.74) is 2.84. The van der Waals surface area contributed by atoms with Crippen molar-refractivity contribution in [2.45, 2.75) is 52.2 Å². The maximum atomic E-state index is 14.3. The normalized spacial score (nSPS) is 12.2. The molecule has 0 aliphatic rings. The third-order valence-electron chi connectivity index (χ3n) is 6.93. The van der Waals surface area contributed by atoms with Crippen LogP contribution >= 0.6 is 0 Å². The Labute approximate surface area is 228 Å². The molecule has 0 fully saturated rings. The summed E-state index contributed by atoms with van der Waals surface area (Å²) >= 11 is 0. The van der Waals surface area contributed by atoms with Gasteiger partial charge in [0.05, 0.1) is 19.7 Å². The van der Waals surface area contributed by atoms with Crippen LogP contribution in [0.1, 0.15) is 44.4 Å². The predicted octanol–water partition coefficient (Wildman–Crippen LogP) is 4.84. The van der Waals surface area contributed by atoms with Crippen molar-refractivity contribution in [2.24, 2.45) is 0 Å². The highest BCUT2D eigenvalue weighted by molar-refractivity contribution is 6.02. The molecule has 0 aliphatic carbocycles. The minimum absolute atomic E-state index is 0.123. The maximum Gasteiger partial charge on any atom is 0.249 e. The number of anilines is 1. The molecule has 0 bridgehead atoms. The Bertz CT molecular complexity index is 1480. The summed E-state index contributed by atoms with van der Waals surface area (Å²) in [6, 6.07) is 19.2. The van der Waals surface area contributed by atoms with Crippen molar-refractivity contribution in [1.82, 2.24) is 20.3 Å². The molecule has 4 aromatic rings. The maximum absolute atomic E-state index is 14.3. The lowest BCUT2D eigenvalue weighted by Gasteiger charge is -2.36. The van der Waals surface area contributed by atoms with Gasteiger partial charge in [0.2, 0.25) is 11.8 Å². The Morgan fingerprint density at radius 2 is 1.72 bits per heavy atom. The molecule has 0 saturated heterocycles. The van der Waals surface area contributed by atoms with Crippen LogP contribution in [-0.4, -0.2) is 46.6 Å². The lowest BCUT2D eigenvalue weighted by atomic mass is 9.97. The van der Waals surface area contributed by atoms with Gasteiger partial charge in [0.1, 0.15) is 18.1 Å². The summed E-state index contributed by atoms with van der Waals surface area (Å²) in [7, 11) is 3.06. The van der Waals surface area contributed by atoms with E-state index in [4.69, 9.17) is 9.47 Å². The molecule has 1 N–H and O–H groups in total. The first-order valence-electron chi connectivity index (χ1n) is 12.9. The molecule has 39 heavy (non-hydrogen) atoms. The molecule has 1 atom stereocenters. The molecule has 2 amide bonds. The van der Waals surface area contributed by atoms with Crippen LogP contribution in [0.2, 0.25) is 0 Å². The molecule has 1 heterocycles. The highest BCUT2D eigenvalue weighted by Crippen LogP contribution is 2.40. The number of ether oxygens (including phenoxy) is 2. The molecule has 204 valence electrons. The average molecular weight is 530 g/mol. The van der Waals surface area contributed by atoms with E-state index in [0.29, 0.717) is 34.7 Å². The van der Waals surface area contributed by atoms with Crippen molar-refractivity contribution in [2.75, 3.05) is 19.1 Å². The number of hydrogen-bond donors (Lipinski definition) is 1. The number of para-hydroxylation sites is 3. The Kier molecular flexibility index (Phi) is 8.18. The van der Waals surface area contributed by atoms with Gasteiger partial charge in [0.25, 0.3) is 0 Å². The monoisotopic (exact) mass is 529 g/mol. The number of aromatic nitrogens is 3. The van der Waals surface area contributed by atoms with Crippen molar-refractivity contribution in [3.63, 3.8) is 0 Å². The van der Waals surface area contributed by atoms with E-state index in [1.165, 1.54) is 19.1 Å². The third-order valence-corrected chi connectivity index (χ3v) is 6.93. The van der Waals surface area contributed by atoms with Gasteiger partial charge >= 0.3 is 0 Å². The zero-order valence-electron chi connectivity index (χ0n) is 23.3. The standard InChI is InChI=1S/C30H35N5O4/c1-7-30(3,4)31-29(37)27(21-14-12-18-25(38-5)28(21)39-6)35(23-16-10-8-13-20(23)2)26(36)19-34-24-17-11-9-15-22(24)32-33-34/h8-18,27H,7,19H2,1-6H3,(H,31,37)/t27-/m1/s1. The number of carbonyl (C=O) groups excluding carboxylic acids is 2. The number of fused-ring (bicyclic) bond motifs is 1. The van der Waals surface area contributed by atoms with Crippen molar-refractivity contribution < 1.29 is 19.1 Å². The summed E-state index contributed by atoms with van der Waals surface area (Å²) in [6.45, 7) is 7.69. The number of carbonyl (C=O) groups is 2. The van der Waals surface area contributed by atoms with Gasteiger partial charge in [0.15, 0.2) is 11.5 Å². The van der Waals surface area contributed by atoms with Crippen molar-refractivity contribution in [3.05, 3.63) is 77.9 Å². The zero-order valence-corrected chi connectivity index (χ0v) is 23.3. The van der Waals surface area contributed by atoms with Gasteiger partial charge in [-0.15, -0.1) is 5.10 Å². The number of nitrogens with zero attached hydrogens (tertiary/aromatic N) is 4. The lowest BCUT2D eigenvalue weighted by Crippen LogP contribution is -2.51. The number of hydrogen-bond acceptors (Lipinski definition) is 6. The molecular formula is C30H35N5O4. The van der Waals surface area contributed by atoms with E-state index >= 15 is 0 Å². The van der Waals surface area contributed by atoms with Gasteiger partial charge in [0, 0.05) is 16.8 Å². The van der Waals surface area contributed by atoms with Crippen molar-refractivity contribution in [1.29, 1.82) is 0 Å². The first-order chi connectivity index (χ1) is 18.7.